The third-order valence-corrected chi connectivity index (χ3v) is 5.38. The highest BCUT2D eigenvalue weighted by Gasteiger charge is 2.22. The SMILES string of the molecule is C[C@@H]1CN(CCC(=O)NNC(=O)Cc2coc3ccc4ccccc4c23)C[C@H](C)O1. The van der Waals surface area contributed by atoms with E-state index >= 15 is 0 Å². The summed E-state index contributed by atoms with van der Waals surface area (Å²) in [6, 6.07) is 11.9. The van der Waals surface area contributed by atoms with Crippen molar-refractivity contribution in [2.24, 2.45) is 0 Å². The van der Waals surface area contributed by atoms with Crippen LogP contribution in [-0.2, 0) is 20.7 Å². The van der Waals surface area contributed by atoms with Crippen molar-refractivity contribution in [3.63, 3.8) is 0 Å². The topological polar surface area (TPSA) is 83.8 Å². The number of ether oxygens (including phenoxy) is 1. The molecule has 158 valence electrons. The van der Waals surface area contributed by atoms with Crippen LogP contribution in [0.2, 0.25) is 0 Å². The Morgan fingerprint density at radius 3 is 2.57 bits per heavy atom. The largest absolute Gasteiger partial charge is 0.464 e. The standard InChI is InChI=1S/C23H27N3O4/c1-15-12-26(13-16(2)30-15)10-9-21(27)24-25-22(28)11-18-14-29-20-8-7-17-5-3-4-6-19(17)23(18)20/h3-8,14-16H,9-13H2,1-2H3,(H,24,27)(H,25,28)/t15-,16+. The summed E-state index contributed by atoms with van der Waals surface area (Å²) in [5.74, 6) is -0.495. The highest BCUT2D eigenvalue weighted by atomic mass is 16.5. The zero-order chi connectivity index (χ0) is 21.1. The third kappa shape index (κ3) is 4.63. The first-order valence-electron chi connectivity index (χ1n) is 10.3. The highest BCUT2D eigenvalue weighted by Crippen LogP contribution is 2.30. The number of benzene rings is 2. The predicted octanol–water partition coefficient (Wildman–Crippen LogP) is 2.78. The predicted molar refractivity (Wildman–Crippen MR) is 115 cm³/mol. The fraction of sp³-hybridized carbons (Fsp3) is 0.391. The van der Waals surface area contributed by atoms with E-state index in [0.29, 0.717) is 13.0 Å². The Kier molecular flexibility index (Phi) is 6.01. The second-order valence-electron chi connectivity index (χ2n) is 7.96. The van der Waals surface area contributed by atoms with Crippen LogP contribution in [0.1, 0.15) is 25.8 Å². The first-order valence-corrected chi connectivity index (χ1v) is 10.3. The summed E-state index contributed by atoms with van der Waals surface area (Å²) >= 11 is 0. The van der Waals surface area contributed by atoms with Gasteiger partial charge in [-0.05, 0) is 30.7 Å². The molecular weight excluding hydrogens is 382 g/mol. The van der Waals surface area contributed by atoms with Gasteiger partial charge >= 0.3 is 0 Å². The van der Waals surface area contributed by atoms with Crippen molar-refractivity contribution >= 4 is 33.6 Å². The molecule has 0 spiro atoms. The zero-order valence-electron chi connectivity index (χ0n) is 17.3. The van der Waals surface area contributed by atoms with Crippen molar-refractivity contribution in [1.29, 1.82) is 0 Å². The van der Waals surface area contributed by atoms with E-state index in [0.717, 1.165) is 40.4 Å². The second kappa shape index (κ2) is 8.85. The van der Waals surface area contributed by atoms with Gasteiger partial charge in [-0.1, -0.05) is 30.3 Å². The number of furan rings is 1. The van der Waals surface area contributed by atoms with E-state index in [2.05, 4.69) is 15.8 Å². The lowest BCUT2D eigenvalue weighted by atomic mass is 10.0. The number of nitrogens with one attached hydrogen (secondary N) is 2. The van der Waals surface area contributed by atoms with Crippen LogP contribution in [0.3, 0.4) is 0 Å². The molecule has 2 amide bonds. The monoisotopic (exact) mass is 409 g/mol. The van der Waals surface area contributed by atoms with Crippen molar-refractivity contribution in [2.75, 3.05) is 19.6 Å². The molecule has 0 aliphatic carbocycles. The number of hydrogen-bond acceptors (Lipinski definition) is 5. The lowest BCUT2D eigenvalue weighted by molar-refractivity contribution is -0.129. The van der Waals surface area contributed by atoms with Gasteiger partial charge < -0.3 is 9.15 Å². The fourth-order valence-electron chi connectivity index (χ4n) is 4.15. The van der Waals surface area contributed by atoms with Crippen molar-refractivity contribution in [3.05, 3.63) is 48.2 Å². The molecule has 0 bridgehead atoms. The first-order chi connectivity index (χ1) is 14.5. The molecular formula is C23H27N3O4. The number of rotatable bonds is 5. The van der Waals surface area contributed by atoms with Gasteiger partial charge in [-0.2, -0.15) is 0 Å². The van der Waals surface area contributed by atoms with Gasteiger partial charge in [0.2, 0.25) is 11.8 Å². The van der Waals surface area contributed by atoms with Gasteiger partial charge in [-0.15, -0.1) is 0 Å². The van der Waals surface area contributed by atoms with E-state index in [-0.39, 0.29) is 30.4 Å². The fourth-order valence-corrected chi connectivity index (χ4v) is 4.15. The average molecular weight is 409 g/mol. The molecule has 2 atom stereocenters. The Hall–Kier alpha value is -2.90. The molecule has 2 heterocycles. The Balaban J connectivity index is 1.31. The van der Waals surface area contributed by atoms with Crippen LogP contribution in [0.15, 0.2) is 47.1 Å². The summed E-state index contributed by atoms with van der Waals surface area (Å²) in [4.78, 5) is 26.7. The van der Waals surface area contributed by atoms with Gasteiger partial charge in [0.25, 0.3) is 0 Å². The maximum atomic E-state index is 12.4. The number of hydrogen-bond donors (Lipinski definition) is 2. The van der Waals surface area contributed by atoms with Crippen LogP contribution >= 0.6 is 0 Å². The normalized spacial score (nSPS) is 19.8. The molecule has 1 aliphatic rings. The first kappa shape index (κ1) is 20.4. The zero-order valence-corrected chi connectivity index (χ0v) is 17.3. The van der Waals surface area contributed by atoms with Gasteiger partial charge in [0, 0.05) is 37.0 Å². The number of hydrazine groups is 1. The van der Waals surface area contributed by atoms with Crippen LogP contribution in [0.4, 0.5) is 0 Å². The number of nitrogens with zero attached hydrogens (tertiary/aromatic N) is 1. The Morgan fingerprint density at radius 1 is 1.03 bits per heavy atom. The third-order valence-electron chi connectivity index (χ3n) is 5.38. The summed E-state index contributed by atoms with van der Waals surface area (Å²) in [6.07, 6.45) is 2.38. The van der Waals surface area contributed by atoms with E-state index in [1.807, 2.05) is 50.2 Å². The molecule has 1 aliphatic heterocycles. The minimum Gasteiger partial charge on any atom is -0.464 e. The molecule has 2 N–H and O–H groups in total. The molecule has 1 fully saturated rings. The minimum atomic E-state index is -0.285. The smallest absolute Gasteiger partial charge is 0.242 e. The number of carbonyl (C=O) groups is 2. The molecule has 1 saturated heterocycles. The summed E-state index contributed by atoms with van der Waals surface area (Å²) < 4.78 is 11.3. The van der Waals surface area contributed by atoms with Crippen LogP contribution in [0, 0.1) is 0 Å². The lowest BCUT2D eigenvalue weighted by Gasteiger charge is -2.35. The molecule has 3 aromatic rings. The minimum absolute atomic E-state index is 0.125. The molecule has 0 radical (unpaired) electrons. The van der Waals surface area contributed by atoms with Crippen molar-refractivity contribution < 1.29 is 18.7 Å². The van der Waals surface area contributed by atoms with Crippen LogP contribution in [0.25, 0.3) is 21.7 Å². The molecule has 2 aromatic carbocycles. The molecule has 0 unspecified atom stereocenters. The van der Waals surface area contributed by atoms with Crippen molar-refractivity contribution in [3.8, 4) is 0 Å². The molecule has 0 saturated carbocycles. The lowest BCUT2D eigenvalue weighted by Crippen LogP contribution is -2.47. The Morgan fingerprint density at radius 2 is 1.77 bits per heavy atom. The van der Waals surface area contributed by atoms with E-state index in [1.165, 1.54) is 0 Å². The summed E-state index contributed by atoms with van der Waals surface area (Å²) in [5, 5.41) is 3.07. The molecule has 4 rings (SSSR count). The van der Waals surface area contributed by atoms with Gasteiger partial charge in [0.1, 0.15) is 5.58 Å². The van der Waals surface area contributed by atoms with Crippen molar-refractivity contribution in [1.82, 2.24) is 15.8 Å². The quantitative estimate of drug-likeness (QED) is 0.633. The van der Waals surface area contributed by atoms with E-state index in [1.54, 1.807) is 6.26 Å². The average Bonchev–Trinajstić information content (AvgIpc) is 3.13. The molecule has 7 heteroatoms. The molecule has 7 nitrogen and oxygen atoms in total. The van der Waals surface area contributed by atoms with E-state index in [4.69, 9.17) is 9.15 Å². The number of carbonyl (C=O) groups excluding carboxylic acids is 2. The number of morpholine rings is 1. The van der Waals surface area contributed by atoms with Crippen LogP contribution < -0.4 is 10.9 Å². The van der Waals surface area contributed by atoms with E-state index in [9.17, 15) is 9.59 Å². The maximum Gasteiger partial charge on any atom is 0.242 e. The highest BCUT2D eigenvalue weighted by molar-refractivity contribution is 6.08. The molecule has 1 aromatic heterocycles. The van der Waals surface area contributed by atoms with Gasteiger partial charge in [0.15, 0.2) is 0 Å². The van der Waals surface area contributed by atoms with Gasteiger partial charge in [-0.25, -0.2) is 0 Å². The van der Waals surface area contributed by atoms with Crippen molar-refractivity contribution in [2.45, 2.75) is 38.9 Å². The molecule has 30 heavy (non-hydrogen) atoms. The maximum absolute atomic E-state index is 12.4. The summed E-state index contributed by atoms with van der Waals surface area (Å²) in [6.45, 7) is 6.33. The summed E-state index contributed by atoms with van der Waals surface area (Å²) in [7, 11) is 0. The van der Waals surface area contributed by atoms with Crippen LogP contribution in [0.5, 0.6) is 0 Å². The second-order valence-corrected chi connectivity index (χ2v) is 7.96. The summed E-state index contributed by atoms with van der Waals surface area (Å²) in [5.41, 5.74) is 6.57. The Bertz CT molecular complexity index is 1050. The van der Waals surface area contributed by atoms with Gasteiger partial charge in [0.05, 0.1) is 24.9 Å². The number of fused-ring (bicyclic) bond motifs is 3. The van der Waals surface area contributed by atoms with E-state index < -0.39 is 0 Å². The number of amides is 2. The Labute approximate surface area is 175 Å². The van der Waals surface area contributed by atoms with Crippen LogP contribution in [-0.4, -0.2) is 48.6 Å². The van der Waals surface area contributed by atoms with Gasteiger partial charge in [-0.3, -0.25) is 25.3 Å².